The highest BCUT2D eigenvalue weighted by Crippen LogP contribution is 2.38. The van der Waals surface area contributed by atoms with Gasteiger partial charge in [-0.05, 0) is 57.8 Å². The number of allylic oxidation sites excluding steroid dienone is 10. The zero-order chi connectivity index (χ0) is 47.6. The van der Waals surface area contributed by atoms with Crippen molar-refractivity contribution >= 4 is 13.8 Å². The summed E-state index contributed by atoms with van der Waals surface area (Å²) in [6.45, 7) is 5.32. The number of nitrogens with zero attached hydrogens (tertiary/aromatic N) is 1. The number of carbonyl (C=O) groups is 1. The van der Waals surface area contributed by atoms with Crippen molar-refractivity contribution in [1.29, 1.82) is 0 Å². The van der Waals surface area contributed by atoms with Crippen LogP contribution in [0.25, 0.3) is 0 Å². The van der Waals surface area contributed by atoms with Crippen molar-refractivity contribution in [3.05, 3.63) is 60.8 Å². The molecule has 9 heteroatoms. The van der Waals surface area contributed by atoms with Gasteiger partial charge >= 0.3 is 5.97 Å². The van der Waals surface area contributed by atoms with Crippen LogP contribution in [0.1, 0.15) is 232 Å². The molecule has 0 amide bonds. The molecule has 0 spiro atoms. The van der Waals surface area contributed by atoms with Gasteiger partial charge in [0, 0.05) is 13.0 Å². The Morgan fingerprint density at radius 1 is 0.492 bits per heavy atom. The van der Waals surface area contributed by atoms with Crippen LogP contribution in [0.2, 0.25) is 0 Å². The second-order valence-corrected chi connectivity index (χ2v) is 20.6. The Hall–Kier alpha value is -1.80. The van der Waals surface area contributed by atoms with Gasteiger partial charge in [-0.2, -0.15) is 0 Å². The molecule has 8 nitrogen and oxygen atoms in total. The number of phosphoric acid groups is 1. The lowest BCUT2D eigenvalue weighted by Crippen LogP contribution is -2.37. The summed E-state index contributed by atoms with van der Waals surface area (Å²) in [6, 6.07) is 0. The van der Waals surface area contributed by atoms with Crippen molar-refractivity contribution in [1.82, 2.24) is 0 Å². The molecule has 0 aliphatic rings. The van der Waals surface area contributed by atoms with Crippen LogP contribution in [0.15, 0.2) is 60.8 Å². The molecule has 0 N–H and O–H groups in total. The first kappa shape index (κ1) is 63.2. The number of hydrogen-bond acceptors (Lipinski definition) is 7. The SMILES string of the molecule is CC/C=C\C/C=C\C/C=C\C/C=C\C/C=C\CCCCCCCCCCCCOCC(COP(=O)([O-])OCC[N+](C)(C)C)OC(=O)CCCCCCCCCCCCCCCCCCC. The predicted octanol–water partition coefficient (Wildman–Crippen LogP) is 16.2. The second kappa shape index (κ2) is 48.6. The number of likely N-dealkylation sites (N-methyl/N-ethyl adjacent to an activating group) is 1. The van der Waals surface area contributed by atoms with E-state index in [4.69, 9.17) is 18.5 Å². The first-order valence-corrected chi connectivity index (χ1v) is 28.5. The van der Waals surface area contributed by atoms with E-state index in [-0.39, 0.29) is 25.8 Å². The number of quaternary nitrogens is 1. The van der Waals surface area contributed by atoms with E-state index in [0.29, 0.717) is 24.1 Å². The molecule has 0 bridgehead atoms. The first-order valence-electron chi connectivity index (χ1n) is 27.0. The molecule has 2 atom stereocenters. The second-order valence-electron chi connectivity index (χ2n) is 19.2. The largest absolute Gasteiger partial charge is 0.756 e. The normalized spacial score (nSPS) is 14.0. The Labute approximate surface area is 402 Å². The summed E-state index contributed by atoms with van der Waals surface area (Å²) < 4.78 is 34.8. The molecule has 2 unspecified atom stereocenters. The van der Waals surface area contributed by atoms with Gasteiger partial charge in [0.15, 0.2) is 0 Å². The number of hydrogen-bond donors (Lipinski definition) is 0. The molecule has 0 saturated heterocycles. The van der Waals surface area contributed by atoms with Gasteiger partial charge in [-0.25, -0.2) is 0 Å². The van der Waals surface area contributed by atoms with Crippen molar-refractivity contribution in [2.24, 2.45) is 0 Å². The van der Waals surface area contributed by atoms with Gasteiger partial charge in [0.2, 0.25) is 0 Å². The average Bonchev–Trinajstić information content (AvgIpc) is 3.27. The van der Waals surface area contributed by atoms with Crippen LogP contribution < -0.4 is 4.89 Å². The molecule has 0 fully saturated rings. The van der Waals surface area contributed by atoms with Gasteiger partial charge in [-0.1, -0.05) is 229 Å². The maximum atomic E-state index is 12.8. The summed E-state index contributed by atoms with van der Waals surface area (Å²) in [6.07, 6.45) is 62.5. The summed E-state index contributed by atoms with van der Waals surface area (Å²) in [5, 5.41) is 0. The lowest BCUT2D eigenvalue weighted by molar-refractivity contribution is -0.870. The van der Waals surface area contributed by atoms with Gasteiger partial charge in [-0.3, -0.25) is 9.36 Å². The van der Waals surface area contributed by atoms with E-state index in [0.717, 1.165) is 64.2 Å². The topological polar surface area (TPSA) is 94.1 Å². The van der Waals surface area contributed by atoms with E-state index in [1.54, 1.807) is 0 Å². The monoisotopic (exact) mass is 934 g/mol. The fourth-order valence-corrected chi connectivity index (χ4v) is 8.19. The van der Waals surface area contributed by atoms with Crippen molar-refractivity contribution in [2.75, 3.05) is 54.1 Å². The van der Waals surface area contributed by atoms with E-state index in [1.165, 1.54) is 148 Å². The Balaban J connectivity index is 4.09. The number of ether oxygens (including phenoxy) is 2. The predicted molar refractivity (Wildman–Crippen MR) is 277 cm³/mol. The van der Waals surface area contributed by atoms with Crippen LogP contribution in [0, 0.1) is 0 Å². The maximum Gasteiger partial charge on any atom is 0.306 e. The van der Waals surface area contributed by atoms with Gasteiger partial charge in [0.1, 0.15) is 19.3 Å². The third-order valence-electron chi connectivity index (χ3n) is 11.6. The average molecular weight is 934 g/mol. The molecule has 0 aliphatic heterocycles. The van der Waals surface area contributed by atoms with Crippen molar-refractivity contribution in [3.63, 3.8) is 0 Å². The Morgan fingerprint density at radius 2 is 0.892 bits per heavy atom. The number of carbonyl (C=O) groups excluding carboxylic acids is 1. The summed E-state index contributed by atoms with van der Waals surface area (Å²) in [7, 11) is 1.36. The molecule has 0 saturated carbocycles. The maximum absolute atomic E-state index is 12.8. The van der Waals surface area contributed by atoms with Crippen LogP contribution in [0.4, 0.5) is 0 Å². The van der Waals surface area contributed by atoms with E-state index in [9.17, 15) is 14.3 Å². The molecule has 0 radical (unpaired) electrons. The molecule has 380 valence electrons. The molecule has 0 aromatic carbocycles. The summed E-state index contributed by atoms with van der Waals surface area (Å²) in [4.78, 5) is 25.2. The highest BCUT2D eigenvalue weighted by Gasteiger charge is 2.20. The van der Waals surface area contributed by atoms with Crippen LogP contribution >= 0.6 is 7.82 Å². The molecule has 0 aromatic rings. The standard InChI is InChI=1S/C56H104NO7P/c1-6-8-10-12-14-16-18-20-22-24-25-26-27-28-29-30-31-32-34-36-38-40-42-44-46-48-51-61-53-55(54-63-65(59,60)62-52-50-57(3,4)5)64-56(58)49-47-45-43-41-39-37-35-33-23-21-19-17-15-13-11-9-7-2/h8,10,14,16,20,22,25-26,28-29,55H,6-7,9,11-13,15,17-19,21,23-24,27,30-54H2,1-5H3/b10-8-,16-14-,22-20-,26-25-,29-28-. The quantitative estimate of drug-likeness (QED) is 0.0197. The Morgan fingerprint density at radius 3 is 1.34 bits per heavy atom. The van der Waals surface area contributed by atoms with E-state index in [1.807, 2.05) is 21.1 Å². The lowest BCUT2D eigenvalue weighted by atomic mass is 10.0. The highest BCUT2D eigenvalue weighted by atomic mass is 31.2. The molecule has 0 aliphatic carbocycles. The minimum Gasteiger partial charge on any atom is -0.756 e. The van der Waals surface area contributed by atoms with Crippen LogP contribution in [-0.4, -0.2) is 70.7 Å². The first-order chi connectivity index (χ1) is 31.6. The Bertz CT molecular complexity index is 1220. The molecule has 65 heavy (non-hydrogen) atoms. The van der Waals surface area contributed by atoms with E-state index in [2.05, 4.69) is 74.6 Å². The van der Waals surface area contributed by atoms with Crippen LogP contribution in [0.3, 0.4) is 0 Å². The molecular formula is C56H104NO7P. The summed E-state index contributed by atoms with van der Waals surface area (Å²) in [5.74, 6) is -0.333. The minimum absolute atomic E-state index is 0.0248. The van der Waals surface area contributed by atoms with Crippen LogP contribution in [0.5, 0.6) is 0 Å². The smallest absolute Gasteiger partial charge is 0.306 e. The van der Waals surface area contributed by atoms with Crippen molar-refractivity contribution in [3.8, 4) is 0 Å². The molecule has 0 heterocycles. The molecular weight excluding hydrogens is 830 g/mol. The molecule has 0 aromatic heterocycles. The summed E-state index contributed by atoms with van der Waals surface area (Å²) in [5.41, 5.74) is 0. The highest BCUT2D eigenvalue weighted by molar-refractivity contribution is 7.45. The zero-order valence-corrected chi connectivity index (χ0v) is 44.1. The van der Waals surface area contributed by atoms with Crippen LogP contribution in [-0.2, 0) is 27.9 Å². The van der Waals surface area contributed by atoms with E-state index < -0.39 is 13.9 Å². The number of phosphoric ester groups is 1. The minimum atomic E-state index is -4.53. The van der Waals surface area contributed by atoms with Gasteiger partial charge < -0.3 is 27.9 Å². The van der Waals surface area contributed by atoms with Crippen molar-refractivity contribution < 1.29 is 37.3 Å². The van der Waals surface area contributed by atoms with Crippen molar-refractivity contribution in [2.45, 2.75) is 238 Å². The zero-order valence-electron chi connectivity index (χ0n) is 43.2. The van der Waals surface area contributed by atoms with E-state index >= 15 is 0 Å². The summed E-state index contributed by atoms with van der Waals surface area (Å²) >= 11 is 0. The number of unbranched alkanes of at least 4 members (excludes halogenated alkanes) is 26. The van der Waals surface area contributed by atoms with Gasteiger partial charge in [-0.15, -0.1) is 0 Å². The third-order valence-corrected chi connectivity index (χ3v) is 12.5. The number of rotatable bonds is 50. The number of esters is 1. The lowest BCUT2D eigenvalue weighted by Gasteiger charge is -2.28. The van der Waals surface area contributed by atoms with Gasteiger partial charge in [0.25, 0.3) is 7.82 Å². The van der Waals surface area contributed by atoms with Gasteiger partial charge in [0.05, 0.1) is 34.4 Å². The third kappa shape index (κ3) is 53.0. The fraction of sp³-hybridized carbons (Fsp3) is 0.804. The Kier molecular flexibility index (Phi) is 47.3. The fourth-order valence-electron chi connectivity index (χ4n) is 7.46. The molecule has 0 rings (SSSR count).